The van der Waals surface area contributed by atoms with E-state index in [1.165, 1.54) is 4.31 Å². The first-order chi connectivity index (χ1) is 14.6. The van der Waals surface area contributed by atoms with Crippen LogP contribution in [0.2, 0.25) is 0 Å². The maximum Gasteiger partial charge on any atom is 0.243 e. The van der Waals surface area contributed by atoms with Crippen LogP contribution in [-0.4, -0.2) is 56.8 Å². The Morgan fingerprint density at radius 2 is 1.58 bits per heavy atom. The van der Waals surface area contributed by atoms with E-state index in [1.54, 1.807) is 12.0 Å². The van der Waals surface area contributed by atoms with Gasteiger partial charge in [-0.05, 0) is 74.1 Å². The van der Waals surface area contributed by atoms with E-state index in [0.29, 0.717) is 43.9 Å². The molecule has 2 aromatic carbocycles. The Labute approximate surface area is 185 Å². The zero-order valence-electron chi connectivity index (χ0n) is 19.1. The number of rotatable bonds is 6. The molecule has 0 bridgehead atoms. The monoisotopic (exact) mass is 444 g/mol. The molecular formula is C24H32N2O4S. The van der Waals surface area contributed by atoms with E-state index in [0.717, 1.165) is 33.6 Å². The third-order valence-electron chi connectivity index (χ3n) is 6.25. The summed E-state index contributed by atoms with van der Waals surface area (Å²) < 4.78 is 33.5. The summed E-state index contributed by atoms with van der Waals surface area (Å²) in [4.78, 5) is 14.9. The molecule has 0 unspecified atom stereocenters. The number of methoxy groups -OCH3 is 1. The number of amides is 1. The molecule has 0 aromatic heterocycles. The van der Waals surface area contributed by atoms with Crippen LogP contribution in [0.5, 0.6) is 5.75 Å². The van der Waals surface area contributed by atoms with E-state index in [9.17, 15) is 13.2 Å². The van der Waals surface area contributed by atoms with Crippen molar-refractivity contribution in [3.63, 3.8) is 0 Å². The number of sulfonamides is 1. The van der Waals surface area contributed by atoms with Gasteiger partial charge in [0.2, 0.25) is 15.9 Å². The van der Waals surface area contributed by atoms with Gasteiger partial charge in [-0.25, -0.2) is 8.42 Å². The van der Waals surface area contributed by atoms with E-state index in [-0.39, 0.29) is 5.91 Å². The molecule has 1 saturated heterocycles. The Hall–Kier alpha value is -2.38. The SMILES string of the molecule is COc1cccc(CCC(=O)N2CCN(S(=O)(=O)c3c(C)c(C)cc(C)c3C)CC2)c1. The maximum atomic E-state index is 13.4. The number of ether oxygens (including phenoxy) is 1. The number of carbonyl (C=O) groups is 1. The van der Waals surface area contributed by atoms with Crippen molar-refractivity contribution in [1.82, 2.24) is 9.21 Å². The van der Waals surface area contributed by atoms with Crippen molar-refractivity contribution in [2.45, 2.75) is 45.4 Å². The first-order valence-electron chi connectivity index (χ1n) is 10.6. The number of hydrogen-bond acceptors (Lipinski definition) is 4. The Balaban J connectivity index is 1.64. The van der Waals surface area contributed by atoms with Crippen LogP contribution in [0, 0.1) is 27.7 Å². The summed E-state index contributed by atoms with van der Waals surface area (Å²) in [5.41, 5.74) is 4.62. The molecule has 168 valence electrons. The highest BCUT2D eigenvalue weighted by atomic mass is 32.2. The minimum atomic E-state index is -3.60. The fraction of sp³-hybridized carbons (Fsp3) is 0.458. The fourth-order valence-electron chi connectivity index (χ4n) is 4.11. The number of nitrogens with zero attached hydrogens (tertiary/aromatic N) is 2. The molecule has 31 heavy (non-hydrogen) atoms. The van der Waals surface area contributed by atoms with E-state index in [4.69, 9.17) is 4.74 Å². The van der Waals surface area contributed by atoms with Gasteiger partial charge in [0.25, 0.3) is 0 Å². The number of hydrogen-bond donors (Lipinski definition) is 0. The molecule has 3 rings (SSSR count). The third kappa shape index (κ3) is 4.93. The van der Waals surface area contributed by atoms with Gasteiger partial charge in [-0.2, -0.15) is 4.31 Å². The van der Waals surface area contributed by atoms with E-state index < -0.39 is 10.0 Å². The topological polar surface area (TPSA) is 66.9 Å². The molecular weight excluding hydrogens is 412 g/mol. The van der Waals surface area contributed by atoms with Gasteiger partial charge in [-0.3, -0.25) is 4.79 Å². The molecule has 6 nitrogen and oxygen atoms in total. The van der Waals surface area contributed by atoms with Crippen LogP contribution in [0.15, 0.2) is 35.2 Å². The molecule has 0 aliphatic carbocycles. The van der Waals surface area contributed by atoms with Crippen LogP contribution in [-0.2, 0) is 21.2 Å². The lowest BCUT2D eigenvalue weighted by Gasteiger charge is -2.35. The second-order valence-corrected chi connectivity index (χ2v) is 10.1. The lowest BCUT2D eigenvalue weighted by molar-refractivity contribution is -0.132. The Morgan fingerprint density at radius 1 is 0.968 bits per heavy atom. The predicted octanol–water partition coefficient (Wildman–Crippen LogP) is 3.39. The highest BCUT2D eigenvalue weighted by molar-refractivity contribution is 7.89. The van der Waals surface area contributed by atoms with Crippen molar-refractivity contribution in [2.24, 2.45) is 0 Å². The average molecular weight is 445 g/mol. The van der Waals surface area contributed by atoms with Gasteiger partial charge in [0.1, 0.15) is 5.75 Å². The third-order valence-corrected chi connectivity index (χ3v) is 8.42. The first kappa shape index (κ1) is 23.3. The van der Waals surface area contributed by atoms with Crippen LogP contribution in [0.25, 0.3) is 0 Å². The fourth-order valence-corrected chi connectivity index (χ4v) is 6.11. The lowest BCUT2D eigenvalue weighted by atomic mass is 10.0. The van der Waals surface area contributed by atoms with Crippen molar-refractivity contribution >= 4 is 15.9 Å². The number of aryl methyl sites for hydroxylation is 3. The largest absolute Gasteiger partial charge is 0.497 e. The maximum absolute atomic E-state index is 13.4. The Bertz CT molecular complexity index is 1040. The summed E-state index contributed by atoms with van der Waals surface area (Å²) in [6.45, 7) is 9.09. The van der Waals surface area contributed by atoms with E-state index in [2.05, 4.69) is 0 Å². The summed E-state index contributed by atoms with van der Waals surface area (Å²) in [6, 6.07) is 9.74. The molecule has 1 fully saturated rings. The summed E-state index contributed by atoms with van der Waals surface area (Å²) in [7, 11) is -1.98. The molecule has 0 N–H and O–H groups in total. The first-order valence-corrected chi connectivity index (χ1v) is 12.1. The zero-order chi connectivity index (χ0) is 22.8. The van der Waals surface area contributed by atoms with Crippen molar-refractivity contribution in [3.8, 4) is 5.75 Å². The summed E-state index contributed by atoms with van der Waals surface area (Å²) in [5.74, 6) is 0.833. The number of carbonyl (C=O) groups excluding carboxylic acids is 1. The Morgan fingerprint density at radius 3 is 2.16 bits per heavy atom. The minimum Gasteiger partial charge on any atom is -0.497 e. The van der Waals surface area contributed by atoms with E-state index >= 15 is 0 Å². The molecule has 0 saturated carbocycles. The number of piperazine rings is 1. The molecule has 1 aliphatic rings. The zero-order valence-corrected chi connectivity index (χ0v) is 19.9. The van der Waals surface area contributed by atoms with Crippen LogP contribution >= 0.6 is 0 Å². The van der Waals surface area contributed by atoms with Gasteiger partial charge in [-0.1, -0.05) is 18.2 Å². The molecule has 0 spiro atoms. The van der Waals surface area contributed by atoms with Gasteiger partial charge in [0.05, 0.1) is 12.0 Å². The smallest absolute Gasteiger partial charge is 0.243 e. The van der Waals surface area contributed by atoms with Crippen molar-refractivity contribution < 1.29 is 17.9 Å². The highest BCUT2D eigenvalue weighted by Crippen LogP contribution is 2.29. The molecule has 7 heteroatoms. The molecule has 1 amide bonds. The van der Waals surface area contributed by atoms with Gasteiger partial charge in [-0.15, -0.1) is 0 Å². The molecule has 0 radical (unpaired) electrons. The van der Waals surface area contributed by atoms with Gasteiger partial charge in [0.15, 0.2) is 0 Å². The van der Waals surface area contributed by atoms with Gasteiger partial charge < -0.3 is 9.64 Å². The van der Waals surface area contributed by atoms with Crippen molar-refractivity contribution in [2.75, 3.05) is 33.3 Å². The predicted molar refractivity (Wildman–Crippen MR) is 122 cm³/mol. The normalized spacial score (nSPS) is 15.2. The van der Waals surface area contributed by atoms with Gasteiger partial charge >= 0.3 is 0 Å². The van der Waals surface area contributed by atoms with Crippen molar-refractivity contribution in [3.05, 3.63) is 58.1 Å². The van der Waals surface area contributed by atoms with Crippen LogP contribution < -0.4 is 4.74 Å². The highest BCUT2D eigenvalue weighted by Gasteiger charge is 2.32. The van der Waals surface area contributed by atoms with Crippen LogP contribution in [0.3, 0.4) is 0 Å². The Kier molecular flexibility index (Phi) is 7.06. The molecule has 1 aliphatic heterocycles. The number of benzene rings is 2. The minimum absolute atomic E-state index is 0.0543. The summed E-state index contributed by atoms with van der Waals surface area (Å²) in [5, 5.41) is 0. The second-order valence-electron chi connectivity index (χ2n) is 8.23. The van der Waals surface area contributed by atoms with Crippen LogP contribution in [0.1, 0.15) is 34.2 Å². The lowest BCUT2D eigenvalue weighted by Crippen LogP contribution is -2.50. The summed E-state index contributed by atoms with van der Waals surface area (Å²) in [6.07, 6.45) is 1.03. The summed E-state index contributed by atoms with van der Waals surface area (Å²) >= 11 is 0. The molecule has 0 atom stereocenters. The molecule has 2 aromatic rings. The standard InChI is InChI=1S/C24H32N2O4S/c1-17-15-18(2)20(4)24(19(17)3)31(28,29)26-13-11-25(12-14-26)23(27)10-9-21-7-6-8-22(16-21)30-5/h6-8,15-16H,9-14H2,1-5H3. The second kappa shape index (κ2) is 9.40. The quantitative estimate of drug-likeness (QED) is 0.685. The van der Waals surface area contributed by atoms with Crippen molar-refractivity contribution in [1.29, 1.82) is 0 Å². The van der Waals surface area contributed by atoms with Gasteiger partial charge in [0, 0.05) is 32.6 Å². The molecule has 1 heterocycles. The average Bonchev–Trinajstić information content (AvgIpc) is 2.76. The van der Waals surface area contributed by atoms with E-state index in [1.807, 2.05) is 58.0 Å². The van der Waals surface area contributed by atoms with Crippen LogP contribution in [0.4, 0.5) is 0 Å².